The molecule has 2 heterocycles. The Bertz CT molecular complexity index is 582. The van der Waals surface area contributed by atoms with Crippen LogP contribution in [0, 0.1) is 25.2 Å². The van der Waals surface area contributed by atoms with Crippen molar-refractivity contribution in [2.24, 2.45) is 0 Å². The molecule has 6 nitrogen and oxygen atoms in total. The smallest absolute Gasteiger partial charge is 0.255 e. The summed E-state index contributed by atoms with van der Waals surface area (Å²) >= 11 is 0. The lowest BCUT2D eigenvalue weighted by Gasteiger charge is -2.40. The molecular formula is C15H21N5O. The molecule has 21 heavy (non-hydrogen) atoms. The summed E-state index contributed by atoms with van der Waals surface area (Å²) in [6, 6.07) is 4.10. The second kappa shape index (κ2) is 5.78. The van der Waals surface area contributed by atoms with Crippen molar-refractivity contribution in [2.45, 2.75) is 33.2 Å². The van der Waals surface area contributed by atoms with E-state index >= 15 is 0 Å². The van der Waals surface area contributed by atoms with E-state index in [4.69, 9.17) is 0 Å². The summed E-state index contributed by atoms with van der Waals surface area (Å²) < 4.78 is 0. The number of nitrogens with zero attached hydrogens (tertiary/aromatic N) is 5. The topological polar surface area (TPSA) is 73.1 Å². The molecule has 112 valence electrons. The largest absolute Gasteiger partial charge is 0.336 e. The number of nitriles is 1. The highest BCUT2D eigenvalue weighted by atomic mass is 16.2. The monoisotopic (exact) mass is 287 g/mol. The molecule has 1 aliphatic rings. The molecule has 1 aromatic heterocycles. The number of amides is 1. The van der Waals surface area contributed by atoms with E-state index in [9.17, 15) is 10.1 Å². The van der Waals surface area contributed by atoms with Crippen LogP contribution in [0.2, 0.25) is 0 Å². The molecular weight excluding hydrogens is 266 g/mol. The van der Waals surface area contributed by atoms with E-state index in [1.165, 1.54) is 0 Å². The maximum Gasteiger partial charge on any atom is 0.255 e. The first-order valence-electron chi connectivity index (χ1n) is 7.11. The number of aromatic nitrogens is 2. The zero-order valence-corrected chi connectivity index (χ0v) is 13.1. The molecule has 0 radical (unpaired) electrons. The lowest BCUT2D eigenvalue weighted by Crippen LogP contribution is -2.55. The molecule has 2 rings (SSSR count). The van der Waals surface area contributed by atoms with Crippen LogP contribution < -0.4 is 0 Å². The third-order valence-corrected chi connectivity index (χ3v) is 3.96. The van der Waals surface area contributed by atoms with E-state index in [2.05, 4.69) is 21.2 Å². The van der Waals surface area contributed by atoms with Crippen LogP contribution in [-0.4, -0.2) is 57.6 Å². The Labute approximate surface area is 125 Å². The number of hydrogen-bond acceptors (Lipinski definition) is 5. The molecule has 0 bridgehead atoms. The second-order valence-electron chi connectivity index (χ2n) is 5.93. The molecule has 0 unspecified atom stereocenters. The fraction of sp³-hybridized carbons (Fsp3) is 0.600. The van der Waals surface area contributed by atoms with Gasteiger partial charge in [0, 0.05) is 26.2 Å². The van der Waals surface area contributed by atoms with E-state index in [-0.39, 0.29) is 5.91 Å². The van der Waals surface area contributed by atoms with Crippen molar-refractivity contribution < 1.29 is 4.79 Å². The Hall–Kier alpha value is -2.00. The SMILES string of the molecule is Cc1cc(C(=O)N2CCN(C(C)(C)C#N)CC2)c(C)nn1. The minimum absolute atomic E-state index is 0.0000798. The number of aryl methyl sites for hydroxylation is 2. The summed E-state index contributed by atoms with van der Waals surface area (Å²) in [5.41, 5.74) is 1.54. The Kier molecular flexibility index (Phi) is 4.24. The van der Waals surface area contributed by atoms with Crippen LogP contribution in [0.15, 0.2) is 6.07 Å². The number of rotatable bonds is 2. The van der Waals surface area contributed by atoms with Crippen molar-refractivity contribution >= 4 is 5.91 Å². The summed E-state index contributed by atoms with van der Waals surface area (Å²) in [5.74, 6) is -0.0000798. The fourth-order valence-corrected chi connectivity index (χ4v) is 2.48. The lowest BCUT2D eigenvalue weighted by atomic mass is 10.0. The van der Waals surface area contributed by atoms with Gasteiger partial charge in [0.2, 0.25) is 0 Å². The Morgan fingerprint density at radius 2 is 1.86 bits per heavy atom. The summed E-state index contributed by atoms with van der Waals surface area (Å²) in [6.07, 6.45) is 0. The molecule has 1 aromatic rings. The molecule has 6 heteroatoms. The van der Waals surface area contributed by atoms with Gasteiger partial charge in [0.25, 0.3) is 5.91 Å². The molecule has 1 fully saturated rings. The van der Waals surface area contributed by atoms with Gasteiger partial charge in [0.05, 0.1) is 23.0 Å². The van der Waals surface area contributed by atoms with Crippen molar-refractivity contribution in [1.82, 2.24) is 20.0 Å². The zero-order chi connectivity index (χ0) is 15.6. The van der Waals surface area contributed by atoms with Crippen LogP contribution in [0.3, 0.4) is 0 Å². The number of carbonyl (C=O) groups excluding carboxylic acids is 1. The van der Waals surface area contributed by atoms with Gasteiger partial charge in [-0.3, -0.25) is 9.69 Å². The van der Waals surface area contributed by atoms with Gasteiger partial charge in [-0.1, -0.05) is 0 Å². The normalized spacial score (nSPS) is 16.6. The molecule has 1 aliphatic heterocycles. The first-order valence-corrected chi connectivity index (χ1v) is 7.11. The molecule has 0 N–H and O–H groups in total. The maximum absolute atomic E-state index is 12.6. The van der Waals surface area contributed by atoms with Gasteiger partial charge in [-0.15, -0.1) is 0 Å². The van der Waals surface area contributed by atoms with Gasteiger partial charge < -0.3 is 4.90 Å². The van der Waals surface area contributed by atoms with Crippen molar-refractivity contribution in [3.8, 4) is 6.07 Å². The average Bonchev–Trinajstić information content (AvgIpc) is 2.49. The lowest BCUT2D eigenvalue weighted by molar-refractivity contribution is 0.0519. The van der Waals surface area contributed by atoms with Crippen molar-refractivity contribution in [3.05, 3.63) is 23.0 Å². The third-order valence-electron chi connectivity index (χ3n) is 3.96. The molecule has 1 amide bonds. The fourth-order valence-electron chi connectivity index (χ4n) is 2.48. The molecule has 1 saturated heterocycles. The first kappa shape index (κ1) is 15.4. The number of piperazine rings is 1. The molecule has 0 saturated carbocycles. The molecule has 0 atom stereocenters. The molecule has 0 spiro atoms. The highest BCUT2D eigenvalue weighted by Crippen LogP contribution is 2.18. The predicted octanol–water partition coefficient (Wildman–Crippen LogP) is 1.15. The number of hydrogen-bond donors (Lipinski definition) is 0. The summed E-state index contributed by atoms with van der Waals surface area (Å²) in [5, 5.41) is 17.1. The van der Waals surface area contributed by atoms with Gasteiger partial charge in [-0.2, -0.15) is 15.5 Å². The Morgan fingerprint density at radius 3 is 2.43 bits per heavy atom. The van der Waals surface area contributed by atoms with E-state index in [1.54, 1.807) is 13.0 Å². The van der Waals surface area contributed by atoms with E-state index in [1.807, 2.05) is 25.7 Å². The van der Waals surface area contributed by atoms with Crippen LogP contribution in [0.4, 0.5) is 0 Å². The van der Waals surface area contributed by atoms with Gasteiger partial charge in [0.1, 0.15) is 5.54 Å². The quantitative estimate of drug-likeness (QED) is 0.816. The average molecular weight is 287 g/mol. The zero-order valence-electron chi connectivity index (χ0n) is 13.1. The van der Waals surface area contributed by atoms with Gasteiger partial charge in [-0.25, -0.2) is 0 Å². The van der Waals surface area contributed by atoms with E-state index in [0.29, 0.717) is 37.4 Å². The number of carbonyl (C=O) groups is 1. The minimum atomic E-state index is -0.486. The molecule has 0 aliphatic carbocycles. The van der Waals surface area contributed by atoms with Gasteiger partial charge >= 0.3 is 0 Å². The van der Waals surface area contributed by atoms with Gasteiger partial charge in [0.15, 0.2) is 0 Å². The van der Waals surface area contributed by atoms with Crippen LogP contribution in [-0.2, 0) is 0 Å². The first-order chi connectivity index (χ1) is 9.85. The van der Waals surface area contributed by atoms with Crippen molar-refractivity contribution in [1.29, 1.82) is 5.26 Å². The van der Waals surface area contributed by atoms with Crippen molar-refractivity contribution in [3.63, 3.8) is 0 Å². The highest BCUT2D eigenvalue weighted by molar-refractivity contribution is 5.95. The summed E-state index contributed by atoms with van der Waals surface area (Å²) in [4.78, 5) is 16.5. The highest BCUT2D eigenvalue weighted by Gasteiger charge is 2.31. The van der Waals surface area contributed by atoms with Crippen molar-refractivity contribution in [2.75, 3.05) is 26.2 Å². The Balaban J connectivity index is 2.07. The van der Waals surface area contributed by atoms with Crippen LogP contribution in [0.5, 0.6) is 0 Å². The summed E-state index contributed by atoms with van der Waals surface area (Å²) in [7, 11) is 0. The maximum atomic E-state index is 12.6. The van der Waals surface area contributed by atoms with E-state index in [0.717, 1.165) is 5.69 Å². The second-order valence-corrected chi connectivity index (χ2v) is 5.93. The van der Waals surface area contributed by atoms with Crippen LogP contribution in [0.1, 0.15) is 35.6 Å². The predicted molar refractivity (Wildman–Crippen MR) is 78.7 cm³/mol. The minimum Gasteiger partial charge on any atom is -0.336 e. The van der Waals surface area contributed by atoms with Crippen LogP contribution in [0.25, 0.3) is 0 Å². The van der Waals surface area contributed by atoms with Crippen LogP contribution >= 0.6 is 0 Å². The molecule has 0 aromatic carbocycles. The van der Waals surface area contributed by atoms with Gasteiger partial charge in [-0.05, 0) is 33.8 Å². The standard InChI is InChI=1S/C15H21N5O/c1-11-9-13(12(2)18-17-11)14(21)19-5-7-20(8-6-19)15(3,4)10-16/h9H,5-8H2,1-4H3. The third kappa shape index (κ3) is 3.19. The summed E-state index contributed by atoms with van der Waals surface area (Å²) in [6.45, 7) is 10.1. The van der Waals surface area contributed by atoms with E-state index < -0.39 is 5.54 Å². The Morgan fingerprint density at radius 1 is 1.24 bits per heavy atom.